The smallest absolute Gasteiger partial charge is 0.481 e. The average Bonchev–Trinajstić information content (AvgIpc) is 3.51. The molecule has 4 rings (SSSR count). The van der Waals surface area contributed by atoms with Crippen LogP contribution in [0.5, 0.6) is 0 Å². The number of halogens is 1. The number of nitrogens with zero attached hydrogens (tertiary/aromatic N) is 5. The van der Waals surface area contributed by atoms with Gasteiger partial charge in [0.2, 0.25) is 0 Å². The molecule has 0 aliphatic carbocycles. The molecule has 1 fully saturated rings. The first kappa shape index (κ1) is 33.0. The van der Waals surface area contributed by atoms with Crippen LogP contribution in [-0.4, -0.2) is 81.2 Å². The molecule has 2 atom stereocenters. The van der Waals surface area contributed by atoms with Crippen molar-refractivity contribution in [2.24, 2.45) is 11.8 Å². The fourth-order valence-electron chi connectivity index (χ4n) is 5.35. The second kappa shape index (κ2) is 15.1. The summed E-state index contributed by atoms with van der Waals surface area (Å²) in [4.78, 5) is 41.7. The zero-order valence-corrected chi connectivity index (χ0v) is 25.3. The number of carbonyl (C=O) groups excluding carboxylic acids is 1. The fourth-order valence-corrected chi connectivity index (χ4v) is 5.35. The largest absolute Gasteiger partial charge is 0.519 e. The summed E-state index contributed by atoms with van der Waals surface area (Å²) in [6.45, 7) is 7.58. The number of rotatable bonds is 13. The van der Waals surface area contributed by atoms with Crippen molar-refractivity contribution in [2.75, 3.05) is 33.4 Å². The number of hydrogen-bond donors (Lipinski definition) is 1. The van der Waals surface area contributed by atoms with Crippen LogP contribution in [0.1, 0.15) is 60.8 Å². The van der Waals surface area contributed by atoms with Gasteiger partial charge >= 0.3 is 11.8 Å². The van der Waals surface area contributed by atoms with E-state index in [1.807, 2.05) is 49.1 Å². The zero-order chi connectivity index (χ0) is 29.5. The van der Waals surface area contributed by atoms with E-state index in [9.17, 15) is 19.5 Å². The highest BCUT2D eigenvalue weighted by atomic mass is 35.5. The topological polar surface area (TPSA) is 144 Å². The summed E-state index contributed by atoms with van der Waals surface area (Å²) >= 11 is 0. The van der Waals surface area contributed by atoms with Gasteiger partial charge in [-0.25, -0.2) is 9.48 Å². The van der Waals surface area contributed by atoms with Crippen LogP contribution in [0.4, 0.5) is 0 Å². The third-order valence-electron chi connectivity index (χ3n) is 7.30. The Balaban J connectivity index is 0.00000484. The van der Waals surface area contributed by atoms with Crippen molar-refractivity contribution in [3.8, 4) is 5.69 Å². The van der Waals surface area contributed by atoms with Crippen LogP contribution in [0.2, 0.25) is 0 Å². The van der Waals surface area contributed by atoms with Crippen LogP contribution in [0, 0.1) is 18.8 Å². The molecule has 1 N–H and O–H groups in total. The second-order valence-electron chi connectivity index (χ2n) is 11.0. The zero-order valence-electron chi connectivity index (χ0n) is 24.5. The predicted molar refractivity (Wildman–Crippen MR) is 156 cm³/mol. The number of amides is 1. The second-order valence-corrected chi connectivity index (χ2v) is 11.0. The van der Waals surface area contributed by atoms with Crippen LogP contribution < -0.4 is 5.82 Å². The lowest BCUT2D eigenvalue weighted by atomic mass is 9.92. The number of carbonyl (C=O) groups is 2. The molecule has 1 saturated heterocycles. The van der Waals surface area contributed by atoms with Crippen molar-refractivity contribution in [1.82, 2.24) is 24.8 Å². The molecule has 0 bridgehead atoms. The summed E-state index contributed by atoms with van der Waals surface area (Å²) in [5.74, 6) is -1.87. The summed E-state index contributed by atoms with van der Waals surface area (Å²) in [6, 6.07) is 9.16. The van der Waals surface area contributed by atoms with E-state index in [4.69, 9.17) is 13.6 Å². The van der Waals surface area contributed by atoms with E-state index in [1.165, 1.54) is 0 Å². The fraction of sp³-hybridized carbons (Fsp3) is 0.552. The molecule has 42 heavy (non-hydrogen) atoms. The summed E-state index contributed by atoms with van der Waals surface area (Å²) in [7, 11) is 1.66. The quantitative estimate of drug-likeness (QED) is 0.287. The number of benzene rings is 1. The van der Waals surface area contributed by atoms with E-state index in [1.54, 1.807) is 23.6 Å². The van der Waals surface area contributed by atoms with E-state index < -0.39 is 23.8 Å². The molecular formula is C29H40ClN5O7. The lowest BCUT2D eigenvalue weighted by Crippen LogP contribution is -2.54. The van der Waals surface area contributed by atoms with E-state index in [-0.39, 0.29) is 43.0 Å². The van der Waals surface area contributed by atoms with Gasteiger partial charge in [-0.15, -0.1) is 17.5 Å². The third-order valence-corrected chi connectivity index (χ3v) is 7.30. The number of unbranched alkanes of at least 4 members (excludes halogenated alkanes) is 1. The predicted octanol–water partition coefficient (Wildman–Crippen LogP) is 3.59. The van der Waals surface area contributed by atoms with Crippen LogP contribution >= 0.6 is 12.4 Å². The molecule has 0 unspecified atom stereocenters. The Morgan fingerprint density at radius 1 is 1.17 bits per heavy atom. The molecule has 230 valence electrons. The van der Waals surface area contributed by atoms with Gasteiger partial charge in [0.15, 0.2) is 11.5 Å². The van der Waals surface area contributed by atoms with Gasteiger partial charge in [0.05, 0.1) is 23.8 Å². The maximum atomic E-state index is 14.3. The SMILES string of the molecule is COCCCCc1c(C(=O)N(CC(C)C)[C@H]2C[C@@H](C(=O)O)CN(Cc3oc(=O)oc3C)C2)nnn1-c1ccccc1.Cl. The number of aliphatic carboxylic acids is 1. The number of ether oxygens (including phenoxy) is 1. The van der Waals surface area contributed by atoms with Gasteiger partial charge in [0, 0.05) is 39.4 Å². The summed E-state index contributed by atoms with van der Waals surface area (Å²) in [6.07, 6.45) is 2.48. The number of carboxylic acids is 1. The number of aryl methyl sites for hydroxylation is 1. The minimum absolute atomic E-state index is 0. The molecular weight excluding hydrogens is 566 g/mol. The number of likely N-dealkylation sites (tertiary alicyclic amines) is 1. The minimum Gasteiger partial charge on any atom is -0.481 e. The highest BCUT2D eigenvalue weighted by Gasteiger charge is 2.38. The number of carboxylic acid groups (broad SMARTS) is 1. The molecule has 1 amide bonds. The normalized spacial score (nSPS) is 17.3. The van der Waals surface area contributed by atoms with Gasteiger partial charge in [-0.1, -0.05) is 37.3 Å². The molecule has 1 aromatic carbocycles. The Hall–Kier alpha value is -3.48. The molecule has 1 aliphatic heterocycles. The van der Waals surface area contributed by atoms with E-state index >= 15 is 0 Å². The molecule has 0 saturated carbocycles. The molecule has 1 aliphatic rings. The van der Waals surface area contributed by atoms with Crippen molar-refractivity contribution in [2.45, 2.75) is 59.0 Å². The van der Waals surface area contributed by atoms with Crippen molar-refractivity contribution < 1.29 is 28.3 Å². The first-order valence-corrected chi connectivity index (χ1v) is 14.0. The van der Waals surface area contributed by atoms with Gasteiger partial charge in [0.1, 0.15) is 5.76 Å². The molecule has 12 nitrogen and oxygen atoms in total. The van der Waals surface area contributed by atoms with Crippen LogP contribution in [-0.2, 0) is 22.5 Å². The Kier molecular flexibility index (Phi) is 11.9. The maximum absolute atomic E-state index is 14.3. The monoisotopic (exact) mass is 605 g/mol. The van der Waals surface area contributed by atoms with Crippen LogP contribution in [0.3, 0.4) is 0 Å². The van der Waals surface area contributed by atoms with Crippen LogP contribution in [0.25, 0.3) is 5.69 Å². The maximum Gasteiger partial charge on any atom is 0.519 e. The lowest BCUT2D eigenvalue weighted by molar-refractivity contribution is -0.144. The van der Waals surface area contributed by atoms with E-state index in [0.717, 1.165) is 18.5 Å². The summed E-state index contributed by atoms with van der Waals surface area (Å²) < 4.78 is 17.1. The standard InChI is InChI=1S/C29H39N5O7.ClH/c1-19(2)15-33(23-14-21(28(36)37)16-32(17-23)18-25-20(3)40-29(38)41-25)27(35)26-24(12-8-9-13-39-4)34(31-30-26)22-10-6-5-7-11-22;/h5-7,10-11,19,21,23H,8-9,12-18H2,1-4H3,(H,36,37);1H/t21-,23+;/m1./s1. The molecule has 0 spiro atoms. The van der Waals surface area contributed by atoms with E-state index in [2.05, 4.69) is 10.3 Å². The van der Waals surface area contributed by atoms with Gasteiger partial charge in [-0.2, -0.15) is 0 Å². The Labute approximate surface area is 251 Å². The van der Waals surface area contributed by atoms with Gasteiger partial charge in [0.25, 0.3) is 5.91 Å². The molecule has 2 aromatic heterocycles. The Bertz CT molecular complexity index is 1370. The number of piperidine rings is 1. The highest BCUT2D eigenvalue weighted by molar-refractivity contribution is 5.93. The number of para-hydroxylation sites is 1. The Morgan fingerprint density at radius 3 is 2.52 bits per heavy atom. The van der Waals surface area contributed by atoms with Gasteiger partial charge in [-0.05, 0) is 50.7 Å². The van der Waals surface area contributed by atoms with E-state index in [0.29, 0.717) is 49.8 Å². The lowest BCUT2D eigenvalue weighted by Gasteiger charge is -2.42. The van der Waals surface area contributed by atoms with Crippen molar-refractivity contribution in [3.05, 3.63) is 63.9 Å². The number of hydrogen-bond acceptors (Lipinski definition) is 9. The third kappa shape index (κ3) is 8.08. The van der Waals surface area contributed by atoms with Gasteiger partial charge in [-0.3, -0.25) is 14.5 Å². The van der Waals surface area contributed by atoms with Crippen molar-refractivity contribution in [1.29, 1.82) is 0 Å². The molecule has 0 radical (unpaired) electrons. The summed E-state index contributed by atoms with van der Waals surface area (Å²) in [5.41, 5.74) is 1.79. The van der Waals surface area contributed by atoms with Crippen molar-refractivity contribution >= 4 is 24.3 Å². The molecule has 13 heteroatoms. The van der Waals surface area contributed by atoms with Gasteiger partial charge < -0.3 is 23.6 Å². The average molecular weight is 606 g/mol. The first-order chi connectivity index (χ1) is 19.7. The first-order valence-electron chi connectivity index (χ1n) is 14.0. The highest BCUT2D eigenvalue weighted by Crippen LogP contribution is 2.27. The number of aromatic nitrogens is 3. The van der Waals surface area contributed by atoms with Crippen LogP contribution in [0.15, 0.2) is 44.0 Å². The number of methoxy groups -OCH3 is 1. The van der Waals surface area contributed by atoms with Crippen molar-refractivity contribution in [3.63, 3.8) is 0 Å². The summed E-state index contributed by atoms with van der Waals surface area (Å²) in [5, 5.41) is 18.7. The molecule has 3 heterocycles. The molecule has 3 aromatic rings. The minimum atomic E-state index is -0.934. The Morgan fingerprint density at radius 2 is 1.90 bits per heavy atom.